The van der Waals surface area contributed by atoms with Crippen LogP contribution in [0, 0.1) is 0 Å². The molecule has 4 heteroatoms. The predicted molar refractivity (Wildman–Crippen MR) is 94.9 cm³/mol. The lowest BCUT2D eigenvalue weighted by Crippen LogP contribution is -2.30. The summed E-state index contributed by atoms with van der Waals surface area (Å²) in [6.45, 7) is 9.30. The van der Waals surface area contributed by atoms with Crippen LogP contribution in [0.1, 0.15) is 52.0 Å². The van der Waals surface area contributed by atoms with E-state index < -0.39 is 11.7 Å². The molecule has 4 nitrogen and oxygen atoms in total. The summed E-state index contributed by atoms with van der Waals surface area (Å²) in [4.78, 5) is 14.3. The zero-order valence-electron chi connectivity index (χ0n) is 14.7. The van der Waals surface area contributed by atoms with Crippen molar-refractivity contribution in [2.24, 2.45) is 0 Å². The number of likely N-dealkylation sites (tertiary alicyclic amines) is 1. The van der Waals surface area contributed by atoms with Gasteiger partial charge in [-0.2, -0.15) is 0 Å². The predicted octanol–water partition coefficient (Wildman–Crippen LogP) is 4.45. The number of benzene rings is 1. The Labute approximate surface area is 140 Å². The summed E-state index contributed by atoms with van der Waals surface area (Å²) in [7, 11) is 0. The first-order valence-corrected chi connectivity index (χ1v) is 8.74. The van der Waals surface area contributed by atoms with Gasteiger partial charge in [-0.3, -0.25) is 5.32 Å². The van der Waals surface area contributed by atoms with E-state index in [-0.39, 0.29) is 0 Å². The maximum absolute atomic E-state index is 11.7. The minimum Gasteiger partial charge on any atom is -0.444 e. The number of carbonyl (C=O) groups is 1. The zero-order chi connectivity index (χ0) is 16.7. The van der Waals surface area contributed by atoms with Crippen molar-refractivity contribution in [3.63, 3.8) is 0 Å². The van der Waals surface area contributed by atoms with Gasteiger partial charge in [-0.1, -0.05) is 18.6 Å². The highest BCUT2D eigenvalue weighted by Gasteiger charge is 2.16. The van der Waals surface area contributed by atoms with E-state index in [4.69, 9.17) is 4.74 Å². The van der Waals surface area contributed by atoms with Crippen LogP contribution in [0.25, 0.3) is 0 Å². The number of nitrogens with one attached hydrogen (secondary N) is 1. The molecule has 1 aromatic rings. The largest absolute Gasteiger partial charge is 0.444 e. The highest BCUT2D eigenvalue weighted by Crippen LogP contribution is 2.15. The summed E-state index contributed by atoms with van der Waals surface area (Å²) >= 11 is 0. The second-order valence-corrected chi connectivity index (χ2v) is 7.33. The average molecular weight is 318 g/mol. The van der Waals surface area contributed by atoms with Crippen molar-refractivity contribution in [3.05, 3.63) is 29.8 Å². The second kappa shape index (κ2) is 8.34. The normalized spacial score (nSPS) is 16.1. The average Bonchev–Trinajstić information content (AvgIpc) is 2.48. The van der Waals surface area contributed by atoms with Crippen molar-refractivity contribution in [1.29, 1.82) is 0 Å². The molecule has 2 rings (SSSR count). The molecule has 0 radical (unpaired) electrons. The third kappa shape index (κ3) is 7.04. The molecule has 1 aliphatic heterocycles. The maximum atomic E-state index is 11.7. The summed E-state index contributed by atoms with van der Waals surface area (Å²) < 4.78 is 5.25. The number of piperidine rings is 1. The van der Waals surface area contributed by atoms with Crippen LogP contribution in [0.4, 0.5) is 10.5 Å². The Hall–Kier alpha value is -1.55. The topological polar surface area (TPSA) is 41.6 Å². The van der Waals surface area contributed by atoms with Gasteiger partial charge in [0.15, 0.2) is 0 Å². The molecule has 0 aliphatic carbocycles. The minimum atomic E-state index is -0.474. The first-order valence-electron chi connectivity index (χ1n) is 8.74. The fraction of sp³-hybridized carbons (Fsp3) is 0.632. The van der Waals surface area contributed by atoms with Crippen molar-refractivity contribution < 1.29 is 9.53 Å². The van der Waals surface area contributed by atoms with Gasteiger partial charge in [0.05, 0.1) is 0 Å². The molecule has 128 valence electrons. The van der Waals surface area contributed by atoms with Crippen LogP contribution in [0.3, 0.4) is 0 Å². The molecule has 1 fully saturated rings. The number of amides is 1. The Bertz CT molecular complexity index is 485. The summed E-state index contributed by atoms with van der Waals surface area (Å²) in [5, 5.41) is 2.76. The Balaban J connectivity index is 1.72. The van der Waals surface area contributed by atoms with Crippen LogP contribution in [-0.4, -0.2) is 36.2 Å². The maximum Gasteiger partial charge on any atom is 0.412 e. The number of carbonyl (C=O) groups excluding carboxylic acids is 1. The van der Waals surface area contributed by atoms with Crippen molar-refractivity contribution in [2.75, 3.05) is 25.0 Å². The smallest absolute Gasteiger partial charge is 0.412 e. The molecule has 23 heavy (non-hydrogen) atoms. The summed E-state index contributed by atoms with van der Waals surface area (Å²) in [6, 6.07) is 8.06. The van der Waals surface area contributed by atoms with E-state index in [1.165, 1.54) is 50.9 Å². The SMILES string of the molecule is CC(C)(C)OC(=O)Nc1ccc(CCCN2CCCCC2)cc1. The van der Waals surface area contributed by atoms with Crippen molar-refractivity contribution in [3.8, 4) is 0 Å². The number of hydrogen-bond acceptors (Lipinski definition) is 3. The van der Waals surface area contributed by atoms with Gasteiger partial charge in [-0.25, -0.2) is 4.79 Å². The van der Waals surface area contributed by atoms with Gasteiger partial charge in [0.25, 0.3) is 0 Å². The molecule has 0 atom stereocenters. The van der Waals surface area contributed by atoms with Gasteiger partial charge >= 0.3 is 6.09 Å². The van der Waals surface area contributed by atoms with Gasteiger partial charge in [-0.05, 0) is 83.8 Å². The summed E-state index contributed by atoms with van der Waals surface area (Å²) in [6.07, 6.45) is 5.97. The number of rotatable bonds is 5. The zero-order valence-corrected chi connectivity index (χ0v) is 14.7. The summed E-state index contributed by atoms with van der Waals surface area (Å²) in [5.74, 6) is 0. The van der Waals surface area contributed by atoms with Crippen LogP contribution in [-0.2, 0) is 11.2 Å². The summed E-state index contributed by atoms with van der Waals surface area (Å²) in [5.41, 5.74) is 1.62. The van der Waals surface area contributed by atoms with E-state index >= 15 is 0 Å². The standard InChI is InChI=1S/C19H30N2O2/c1-19(2,3)23-18(22)20-17-11-9-16(10-12-17)8-7-15-21-13-5-4-6-14-21/h9-12H,4-8,13-15H2,1-3H3,(H,20,22). The van der Waals surface area contributed by atoms with Crippen molar-refractivity contribution in [1.82, 2.24) is 4.90 Å². The van der Waals surface area contributed by atoms with Crippen LogP contribution >= 0.6 is 0 Å². The fourth-order valence-electron chi connectivity index (χ4n) is 2.87. The number of nitrogens with zero attached hydrogens (tertiary/aromatic N) is 1. The highest BCUT2D eigenvalue weighted by atomic mass is 16.6. The Kier molecular flexibility index (Phi) is 6.46. The van der Waals surface area contributed by atoms with Crippen molar-refractivity contribution in [2.45, 2.75) is 58.5 Å². The van der Waals surface area contributed by atoms with Crippen LogP contribution in [0.15, 0.2) is 24.3 Å². The third-order valence-corrected chi connectivity index (χ3v) is 3.99. The monoisotopic (exact) mass is 318 g/mol. The lowest BCUT2D eigenvalue weighted by molar-refractivity contribution is 0.0636. The first-order chi connectivity index (χ1) is 10.9. The molecule has 1 heterocycles. The Morgan fingerprint density at radius 3 is 2.39 bits per heavy atom. The van der Waals surface area contributed by atoms with Gasteiger partial charge in [0, 0.05) is 5.69 Å². The molecule has 1 N–H and O–H groups in total. The van der Waals surface area contributed by atoms with Crippen molar-refractivity contribution >= 4 is 11.8 Å². The van der Waals surface area contributed by atoms with Crippen LogP contribution in [0.5, 0.6) is 0 Å². The lowest BCUT2D eigenvalue weighted by Gasteiger charge is -2.26. The van der Waals surface area contributed by atoms with E-state index in [1.807, 2.05) is 32.9 Å². The molecule has 1 saturated heterocycles. The molecular weight excluding hydrogens is 288 g/mol. The molecular formula is C19H30N2O2. The van der Waals surface area contributed by atoms with Gasteiger partial charge < -0.3 is 9.64 Å². The Morgan fingerprint density at radius 1 is 1.13 bits per heavy atom. The molecule has 1 aliphatic rings. The first kappa shape index (κ1) is 17.8. The van der Waals surface area contributed by atoms with Gasteiger partial charge in [-0.15, -0.1) is 0 Å². The highest BCUT2D eigenvalue weighted by molar-refractivity contribution is 5.84. The van der Waals surface area contributed by atoms with E-state index in [9.17, 15) is 4.79 Å². The molecule has 1 aromatic carbocycles. The van der Waals surface area contributed by atoms with Gasteiger partial charge in [0.1, 0.15) is 5.60 Å². The third-order valence-electron chi connectivity index (χ3n) is 3.99. The second-order valence-electron chi connectivity index (χ2n) is 7.33. The molecule has 0 spiro atoms. The number of hydrogen-bond donors (Lipinski definition) is 1. The number of anilines is 1. The van der Waals surface area contributed by atoms with Gasteiger partial charge in [0.2, 0.25) is 0 Å². The Morgan fingerprint density at radius 2 is 1.78 bits per heavy atom. The molecule has 1 amide bonds. The number of ether oxygens (including phenoxy) is 1. The molecule has 0 saturated carbocycles. The molecule has 0 unspecified atom stereocenters. The van der Waals surface area contributed by atoms with E-state index in [2.05, 4.69) is 22.3 Å². The lowest BCUT2D eigenvalue weighted by atomic mass is 10.1. The minimum absolute atomic E-state index is 0.407. The van der Waals surface area contributed by atoms with Crippen LogP contribution < -0.4 is 5.32 Å². The van der Waals surface area contributed by atoms with Crippen LogP contribution in [0.2, 0.25) is 0 Å². The van der Waals surface area contributed by atoms with E-state index in [1.54, 1.807) is 0 Å². The van der Waals surface area contributed by atoms with E-state index in [0.29, 0.717) is 0 Å². The molecule has 0 bridgehead atoms. The van der Waals surface area contributed by atoms with E-state index in [0.717, 1.165) is 12.1 Å². The quantitative estimate of drug-likeness (QED) is 0.872. The number of aryl methyl sites for hydroxylation is 1. The fourth-order valence-corrected chi connectivity index (χ4v) is 2.87. The molecule has 0 aromatic heterocycles.